The molecule has 1 rings (SSSR count). The Morgan fingerprint density at radius 2 is 1.14 bits per heavy atom. The number of benzene rings is 1. The summed E-state index contributed by atoms with van der Waals surface area (Å²) in [6.07, 6.45) is 13.6. The van der Waals surface area contributed by atoms with E-state index < -0.39 is 0 Å². The van der Waals surface area contributed by atoms with Gasteiger partial charge in [-0.05, 0) is 37.5 Å². The van der Waals surface area contributed by atoms with E-state index in [2.05, 4.69) is 49.9 Å². The lowest BCUT2D eigenvalue weighted by Crippen LogP contribution is -2.25. The number of rotatable bonds is 13. The zero-order chi connectivity index (χ0) is 16.0. The predicted octanol–water partition coefficient (Wildman–Crippen LogP) is 6.62. The van der Waals surface area contributed by atoms with Gasteiger partial charge in [0.1, 0.15) is 0 Å². The highest BCUT2D eigenvalue weighted by atomic mass is 15.1. The van der Waals surface area contributed by atoms with Crippen LogP contribution in [0.3, 0.4) is 0 Å². The molecule has 0 heterocycles. The van der Waals surface area contributed by atoms with Crippen LogP contribution in [0, 0.1) is 6.92 Å². The quantitative estimate of drug-likeness (QED) is 0.370. The van der Waals surface area contributed by atoms with Gasteiger partial charge in [0.25, 0.3) is 0 Å². The first-order chi connectivity index (χ1) is 10.8. The van der Waals surface area contributed by atoms with Crippen molar-refractivity contribution >= 4 is 5.69 Å². The van der Waals surface area contributed by atoms with Gasteiger partial charge in [-0.15, -0.1) is 0 Å². The van der Waals surface area contributed by atoms with Crippen molar-refractivity contribution in [1.82, 2.24) is 0 Å². The maximum absolute atomic E-state index is 3.99. The molecule has 1 aromatic rings. The summed E-state index contributed by atoms with van der Waals surface area (Å²) < 4.78 is 0. The summed E-state index contributed by atoms with van der Waals surface area (Å²) in [4.78, 5) is 2.58. The van der Waals surface area contributed by atoms with Crippen LogP contribution >= 0.6 is 0 Å². The average molecular weight is 303 g/mol. The van der Waals surface area contributed by atoms with E-state index in [1.165, 1.54) is 83.0 Å². The monoisotopic (exact) mass is 302 g/mol. The number of unbranched alkanes of at least 4 members (excludes halogenated alkanes) is 8. The van der Waals surface area contributed by atoms with Crippen molar-refractivity contribution in [3.8, 4) is 0 Å². The minimum absolute atomic E-state index is 1.11. The Labute approximate surface area is 139 Å². The summed E-state index contributed by atoms with van der Waals surface area (Å²) in [7, 11) is 0. The lowest BCUT2D eigenvalue weighted by Gasteiger charge is -2.25. The molecule has 1 aromatic carbocycles. The SMILES string of the molecule is [CH2]c1ccc(N(CCCCCCC)CCCCCCC)cc1. The van der Waals surface area contributed by atoms with Crippen molar-refractivity contribution in [2.24, 2.45) is 0 Å². The van der Waals surface area contributed by atoms with Gasteiger partial charge in [-0.3, -0.25) is 0 Å². The highest BCUT2D eigenvalue weighted by molar-refractivity contribution is 5.47. The molecule has 0 spiro atoms. The highest BCUT2D eigenvalue weighted by Gasteiger charge is 2.06. The van der Waals surface area contributed by atoms with Gasteiger partial charge in [0, 0.05) is 18.8 Å². The zero-order valence-corrected chi connectivity index (χ0v) is 14.9. The molecule has 0 aliphatic heterocycles. The number of hydrogen-bond donors (Lipinski definition) is 0. The van der Waals surface area contributed by atoms with Gasteiger partial charge >= 0.3 is 0 Å². The van der Waals surface area contributed by atoms with Gasteiger partial charge in [0.15, 0.2) is 0 Å². The number of hydrogen-bond acceptors (Lipinski definition) is 1. The van der Waals surface area contributed by atoms with Crippen LogP contribution in [0.15, 0.2) is 24.3 Å². The van der Waals surface area contributed by atoms with Crippen LogP contribution in [0.5, 0.6) is 0 Å². The molecule has 0 N–H and O–H groups in total. The van der Waals surface area contributed by atoms with Gasteiger partial charge in [-0.1, -0.05) is 77.3 Å². The molecule has 0 unspecified atom stereocenters. The van der Waals surface area contributed by atoms with Crippen LogP contribution in [-0.2, 0) is 0 Å². The fraction of sp³-hybridized carbons (Fsp3) is 0.667. The molecule has 1 heteroatoms. The summed E-state index contributed by atoms with van der Waals surface area (Å²) in [6, 6.07) is 8.74. The molecule has 1 radical (unpaired) electrons. The summed E-state index contributed by atoms with van der Waals surface area (Å²) in [5, 5.41) is 0. The van der Waals surface area contributed by atoms with Crippen LogP contribution < -0.4 is 4.90 Å². The van der Waals surface area contributed by atoms with Gasteiger partial charge in [-0.25, -0.2) is 0 Å². The van der Waals surface area contributed by atoms with Crippen molar-refractivity contribution in [3.63, 3.8) is 0 Å². The van der Waals surface area contributed by atoms with Crippen LogP contribution in [0.4, 0.5) is 5.69 Å². The minimum atomic E-state index is 1.11. The molecule has 0 fully saturated rings. The third kappa shape index (κ3) is 8.46. The Balaban J connectivity index is 2.40. The van der Waals surface area contributed by atoms with Gasteiger partial charge in [0.05, 0.1) is 0 Å². The Kier molecular flexibility index (Phi) is 10.9. The molecular formula is C21H36N. The Hall–Kier alpha value is -0.980. The zero-order valence-electron chi connectivity index (χ0n) is 14.9. The molecule has 125 valence electrons. The molecule has 0 amide bonds. The van der Waals surface area contributed by atoms with Crippen molar-refractivity contribution in [3.05, 3.63) is 36.8 Å². The van der Waals surface area contributed by atoms with Crippen molar-refractivity contribution in [2.75, 3.05) is 18.0 Å². The number of nitrogens with zero attached hydrogens (tertiary/aromatic N) is 1. The van der Waals surface area contributed by atoms with Gasteiger partial charge < -0.3 is 4.90 Å². The third-order valence-electron chi connectivity index (χ3n) is 4.36. The van der Waals surface area contributed by atoms with E-state index in [1.807, 2.05) is 0 Å². The van der Waals surface area contributed by atoms with E-state index in [9.17, 15) is 0 Å². The van der Waals surface area contributed by atoms with Crippen LogP contribution in [0.2, 0.25) is 0 Å². The second-order valence-corrected chi connectivity index (χ2v) is 6.48. The van der Waals surface area contributed by atoms with E-state index in [-0.39, 0.29) is 0 Å². The van der Waals surface area contributed by atoms with Crippen molar-refractivity contribution in [2.45, 2.75) is 78.1 Å². The van der Waals surface area contributed by atoms with Crippen LogP contribution in [0.1, 0.15) is 83.6 Å². The molecule has 22 heavy (non-hydrogen) atoms. The predicted molar refractivity (Wildman–Crippen MR) is 101 cm³/mol. The normalized spacial score (nSPS) is 10.9. The first kappa shape index (κ1) is 19.1. The molecule has 0 saturated carbocycles. The molecule has 0 aliphatic rings. The van der Waals surface area contributed by atoms with E-state index in [4.69, 9.17) is 0 Å². The molecule has 1 nitrogen and oxygen atoms in total. The van der Waals surface area contributed by atoms with Gasteiger partial charge in [-0.2, -0.15) is 0 Å². The topological polar surface area (TPSA) is 3.24 Å². The fourth-order valence-electron chi connectivity index (χ4n) is 2.89. The fourth-order valence-corrected chi connectivity index (χ4v) is 2.89. The summed E-state index contributed by atoms with van der Waals surface area (Å²) >= 11 is 0. The molecular weight excluding hydrogens is 266 g/mol. The molecule has 0 saturated heterocycles. The third-order valence-corrected chi connectivity index (χ3v) is 4.36. The first-order valence-electron chi connectivity index (χ1n) is 9.45. The Morgan fingerprint density at radius 3 is 1.59 bits per heavy atom. The summed E-state index contributed by atoms with van der Waals surface area (Å²) in [5.41, 5.74) is 2.48. The van der Waals surface area contributed by atoms with E-state index in [1.54, 1.807) is 0 Å². The standard InChI is InChI=1S/C21H36N/c1-4-6-8-10-12-18-22(19-13-11-9-7-5-2)21-16-14-20(3)15-17-21/h14-17H,3-13,18-19H2,1-2H3. The van der Waals surface area contributed by atoms with Crippen molar-refractivity contribution < 1.29 is 0 Å². The van der Waals surface area contributed by atoms with Crippen LogP contribution in [0.25, 0.3) is 0 Å². The summed E-state index contributed by atoms with van der Waals surface area (Å²) in [5.74, 6) is 0. The van der Waals surface area contributed by atoms with E-state index >= 15 is 0 Å². The average Bonchev–Trinajstić information content (AvgIpc) is 2.53. The lowest BCUT2D eigenvalue weighted by molar-refractivity contribution is 0.589. The van der Waals surface area contributed by atoms with Gasteiger partial charge in [0.2, 0.25) is 0 Å². The summed E-state index contributed by atoms with van der Waals surface area (Å²) in [6.45, 7) is 11.0. The minimum Gasteiger partial charge on any atom is -0.372 e. The first-order valence-corrected chi connectivity index (χ1v) is 9.45. The smallest absolute Gasteiger partial charge is 0.0366 e. The second-order valence-electron chi connectivity index (χ2n) is 6.48. The highest BCUT2D eigenvalue weighted by Crippen LogP contribution is 2.18. The molecule has 0 aromatic heterocycles. The second kappa shape index (κ2) is 12.6. The Morgan fingerprint density at radius 1 is 0.682 bits per heavy atom. The number of anilines is 1. The molecule has 0 atom stereocenters. The van der Waals surface area contributed by atoms with Crippen molar-refractivity contribution in [1.29, 1.82) is 0 Å². The maximum Gasteiger partial charge on any atom is 0.0366 e. The molecule has 0 bridgehead atoms. The largest absolute Gasteiger partial charge is 0.372 e. The maximum atomic E-state index is 3.99. The van der Waals surface area contributed by atoms with Crippen LogP contribution in [-0.4, -0.2) is 13.1 Å². The molecule has 0 aliphatic carbocycles. The van der Waals surface area contributed by atoms with E-state index in [0.717, 1.165) is 5.56 Å². The lowest BCUT2D eigenvalue weighted by atomic mass is 10.1. The van der Waals surface area contributed by atoms with E-state index in [0.29, 0.717) is 0 Å². The Bertz CT molecular complexity index is 341.